The van der Waals surface area contributed by atoms with Crippen LogP contribution >= 0.6 is 0 Å². The van der Waals surface area contributed by atoms with Gasteiger partial charge in [0.15, 0.2) is 0 Å². The minimum Gasteiger partial charge on any atom is -0.391 e. The van der Waals surface area contributed by atoms with E-state index in [2.05, 4.69) is 36.5 Å². The molecule has 120 valence electrons. The predicted octanol–water partition coefficient (Wildman–Crippen LogP) is 2.86. The van der Waals surface area contributed by atoms with Gasteiger partial charge in [-0.05, 0) is 50.0 Å². The Balaban J connectivity index is 1.60. The van der Waals surface area contributed by atoms with Crippen LogP contribution in [0.1, 0.15) is 42.9 Å². The molecule has 4 nitrogen and oxygen atoms in total. The Morgan fingerprint density at radius 1 is 1.23 bits per heavy atom. The third-order valence-corrected chi connectivity index (χ3v) is 4.78. The van der Waals surface area contributed by atoms with E-state index in [1.165, 1.54) is 24.0 Å². The third-order valence-electron chi connectivity index (χ3n) is 4.78. The number of amides is 2. The summed E-state index contributed by atoms with van der Waals surface area (Å²) in [6.45, 7) is 2.49. The monoisotopic (exact) mass is 302 g/mol. The zero-order valence-corrected chi connectivity index (χ0v) is 13.5. The quantitative estimate of drug-likeness (QED) is 0.849. The lowest BCUT2D eigenvalue weighted by molar-refractivity contribution is 0.112. The molecule has 0 aliphatic heterocycles. The Labute approximate surface area is 132 Å². The molecule has 4 heteroatoms. The van der Waals surface area contributed by atoms with Gasteiger partial charge in [-0.3, -0.25) is 0 Å². The molecule has 1 aromatic rings. The lowest BCUT2D eigenvalue weighted by Crippen LogP contribution is -2.43. The summed E-state index contributed by atoms with van der Waals surface area (Å²) < 4.78 is 0. The van der Waals surface area contributed by atoms with Gasteiger partial charge in [0.05, 0.1) is 12.1 Å². The van der Waals surface area contributed by atoms with Crippen LogP contribution in [0.5, 0.6) is 0 Å². The molecule has 0 bridgehead atoms. The topological polar surface area (TPSA) is 52.6 Å². The number of aliphatic hydroxyl groups excluding tert-OH is 1. The number of rotatable bonds is 6. The molecule has 2 N–H and O–H groups in total. The van der Waals surface area contributed by atoms with E-state index in [0.717, 1.165) is 12.8 Å². The maximum Gasteiger partial charge on any atom is 0.317 e. The number of carbonyl (C=O) groups excluding carboxylic acids is 1. The van der Waals surface area contributed by atoms with E-state index in [-0.39, 0.29) is 18.2 Å². The van der Waals surface area contributed by atoms with E-state index in [1.807, 2.05) is 0 Å². The highest BCUT2D eigenvalue weighted by atomic mass is 16.3. The van der Waals surface area contributed by atoms with E-state index in [0.29, 0.717) is 18.4 Å². The normalized spacial score (nSPS) is 20.3. The Kier molecular flexibility index (Phi) is 4.39. The molecule has 0 spiro atoms. The first-order valence-electron chi connectivity index (χ1n) is 8.31. The van der Waals surface area contributed by atoms with Gasteiger partial charge in [-0.15, -0.1) is 0 Å². The van der Waals surface area contributed by atoms with Crippen LogP contribution in [0, 0.1) is 18.8 Å². The van der Waals surface area contributed by atoms with Crippen molar-refractivity contribution in [1.82, 2.24) is 10.2 Å². The van der Waals surface area contributed by atoms with Crippen molar-refractivity contribution in [3.8, 4) is 0 Å². The average Bonchev–Trinajstić information content (AvgIpc) is 3.38. The van der Waals surface area contributed by atoms with Crippen LogP contribution in [0.3, 0.4) is 0 Å². The molecule has 0 unspecified atom stereocenters. The summed E-state index contributed by atoms with van der Waals surface area (Å²) in [5, 5.41) is 13.1. The number of likely N-dealkylation sites (N-methyl/N-ethyl adjacent to an activating group) is 1. The smallest absolute Gasteiger partial charge is 0.317 e. The molecule has 0 heterocycles. The largest absolute Gasteiger partial charge is 0.391 e. The molecule has 2 saturated carbocycles. The van der Waals surface area contributed by atoms with Gasteiger partial charge in [-0.2, -0.15) is 0 Å². The van der Waals surface area contributed by atoms with Crippen molar-refractivity contribution < 1.29 is 9.90 Å². The molecule has 0 saturated heterocycles. The van der Waals surface area contributed by atoms with Crippen LogP contribution in [0.4, 0.5) is 4.79 Å². The molecule has 2 fully saturated rings. The SMILES string of the molecule is Cc1ccc([C@@H](NC(=O)N(C)C[C@H](O)C2CC2)C2CC2)cc1. The van der Waals surface area contributed by atoms with Crippen LogP contribution in [0.2, 0.25) is 0 Å². The van der Waals surface area contributed by atoms with Gasteiger partial charge in [-0.25, -0.2) is 4.79 Å². The number of nitrogens with zero attached hydrogens (tertiary/aromatic N) is 1. The standard InChI is InChI=1S/C18H26N2O2/c1-12-3-5-14(6-4-12)17(15-9-10-15)19-18(22)20(2)11-16(21)13-7-8-13/h3-6,13,15-17,21H,7-11H2,1-2H3,(H,19,22)/t16-,17+/m0/s1. The number of hydrogen-bond donors (Lipinski definition) is 2. The van der Waals surface area contributed by atoms with Gasteiger partial charge in [0.2, 0.25) is 0 Å². The number of aliphatic hydroxyl groups is 1. The second-order valence-corrected chi connectivity index (χ2v) is 6.96. The van der Waals surface area contributed by atoms with E-state index in [9.17, 15) is 9.90 Å². The number of nitrogens with one attached hydrogen (secondary N) is 1. The summed E-state index contributed by atoms with van der Waals surface area (Å²) in [7, 11) is 1.76. The summed E-state index contributed by atoms with van der Waals surface area (Å²) in [6, 6.07) is 8.41. The number of aryl methyl sites for hydroxylation is 1. The lowest BCUT2D eigenvalue weighted by Gasteiger charge is -2.25. The van der Waals surface area contributed by atoms with E-state index < -0.39 is 0 Å². The van der Waals surface area contributed by atoms with Crippen molar-refractivity contribution in [3.05, 3.63) is 35.4 Å². The van der Waals surface area contributed by atoms with Crippen molar-refractivity contribution in [2.45, 2.75) is 44.8 Å². The van der Waals surface area contributed by atoms with E-state index >= 15 is 0 Å². The summed E-state index contributed by atoms with van der Waals surface area (Å²) in [5.74, 6) is 0.944. The Morgan fingerprint density at radius 2 is 1.82 bits per heavy atom. The summed E-state index contributed by atoms with van der Waals surface area (Å²) in [5.41, 5.74) is 2.41. The highest BCUT2D eigenvalue weighted by Gasteiger charge is 2.35. The molecule has 22 heavy (non-hydrogen) atoms. The first-order valence-corrected chi connectivity index (χ1v) is 8.31. The van der Waals surface area contributed by atoms with Crippen molar-refractivity contribution in [3.63, 3.8) is 0 Å². The molecule has 0 aromatic heterocycles. The summed E-state index contributed by atoms with van der Waals surface area (Å²) in [4.78, 5) is 14.0. The van der Waals surface area contributed by atoms with Crippen LogP contribution in [-0.2, 0) is 0 Å². The van der Waals surface area contributed by atoms with Crippen LogP contribution in [-0.4, -0.2) is 35.7 Å². The molecule has 3 rings (SSSR count). The van der Waals surface area contributed by atoms with Crippen LogP contribution in [0.25, 0.3) is 0 Å². The van der Waals surface area contributed by atoms with Gasteiger partial charge >= 0.3 is 6.03 Å². The minimum atomic E-state index is -0.380. The number of urea groups is 1. The maximum atomic E-state index is 12.4. The van der Waals surface area contributed by atoms with E-state index in [4.69, 9.17) is 0 Å². The number of carbonyl (C=O) groups is 1. The Hall–Kier alpha value is -1.55. The highest BCUT2D eigenvalue weighted by molar-refractivity contribution is 5.74. The first-order chi connectivity index (χ1) is 10.5. The molecule has 2 atom stereocenters. The van der Waals surface area contributed by atoms with E-state index in [1.54, 1.807) is 11.9 Å². The zero-order chi connectivity index (χ0) is 15.7. The molecular formula is C18H26N2O2. The van der Waals surface area contributed by atoms with Gasteiger partial charge in [-0.1, -0.05) is 29.8 Å². The average molecular weight is 302 g/mol. The first kappa shape index (κ1) is 15.3. The third kappa shape index (κ3) is 3.80. The molecular weight excluding hydrogens is 276 g/mol. The van der Waals surface area contributed by atoms with Gasteiger partial charge in [0.1, 0.15) is 0 Å². The summed E-state index contributed by atoms with van der Waals surface area (Å²) >= 11 is 0. The van der Waals surface area contributed by atoms with Crippen molar-refractivity contribution in [1.29, 1.82) is 0 Å². The van der Waals surface area contributed by atoms with Gasteiger partial charge < -0.3 is 15.3 Å². The molecule has 2 aliphatic carbocycles. The van der Waals surface area contributed by atoms with Gasteiger partial charge in [0, 0.05) is 13.6 Å². The van der Waals surface area contributed by atoms with Gasteiger partial charge in [0.25, 0.3) is 0 Å². The second-order valence-electron chi connectivity index (χ2n) is 6.96. The molecule has 2 amide bonds. The lowest BCUT2D eigenvalue weighted by atomic mass is 10.0. The molecule has 2 aliphatic rings. The van der Waals surface area contributed by atoms with Crippen molar-refractivity contribution in [2.75, 3.05) is 13.6 Å². The fourth-order valence-corrected chi connectivity index (χ4v) is 2.91. The fourth-order valence-electron chi connectivity index (χ4n) is 2.91. The van der Waals surface area contributed by atoms with Crippen molar-refractivity contribution in [2.24, 2.45) is 11.8 Å². The molecule has 0 radical (unpaired) electrons. The highest BCUT2D eigenvalue weighted by Crippen LogP contribution is 2.41. The Morgan fingerprint density at radius 3 is 2.36 bits per heavy atom. The summed E-state index contributed by atoms with van der Waals surface area (Å²) in [6.07, 6.45) is 4.14. The minimum absolute atomic E-state index is 0.0859. The molecule has 1 aromatic carbocycles. The zero-order valence-electron chi connectivity index (χ0n) is 13.5. The number of hydrogen-bond acceptors (Lipinski definition) is 2. The maximum absolute atomic E-state index is 12.4. The fraction of sp³-hybridized carbons (Fsp3) is 0.611. The van der Waals surface area contributed by atoms with Crippen LogP contribution < -0.4 is 5.32 Å². The second kappa shape index (κ2) is 6.29. The number of benzene rings is 1. The van der Waals surface area contributed by atoms with Crippen LogP contribution in [0.15, 0.2) is 24.3 Å². The Bertz CT molecular complexity index is 520. The van der Waals surface area contributed by atoms with Crippen molar-refractivity contribution >= 4 is 6.03 Å². The predicted molar refractivity (Wildman–Crippen MR) is 86.5 cm³/mol.